The van der Waals surface area contributed by atoms with Gasteiger partial charge in [-0.3, -0.25) is 4.79 Å². The van der Waals surface area contributed by atoms with E-state index in [1.54, 1.807) is 6.92 Å². The van der Waals surface area contributed by atoms with Gasteiger partial charge >= 0.3 is 5.97 Å². The van der Waals surface area contributed by atoms with Crippen molar-refractivity contribution in [1.29, 1.82) is 0 Å². The topological polar surface area (TPSA) is 52.3 Å². The molecule has 1 unspecified atom stereocenters. The van der Waals surface area contributed by atoms with Crippen molar-refractivity contribution in [3.05, 3.63) is 34.3 Å². The Bertz CT molecular complexity index is 337. The van der Waals surface area contributed by atoms with Crippen molar-refractivity contribution in [2.24, 2.45) is 5.73 Å². The van der Waals surface area contributed by atoms with E-state index in [0.29, 0.717) is 12.8 Å². The number of ether oxygens (including phenoxy) is 1. The molecule has 88 valence electrons. The van der Waals surface area contributed by atoms with E-state index in [-0.39, 0.29) is 18.6 Å². The van der Waals surface area contributed by atoms with Crippen LogP contribution in [0.5, 0.6) is 0 Å². The lowest BCUT2D eigenvalue weighted by atomic mass is 10.1. The van der Waals surface area contributed by atoms with Gasteiger partial charge in [-0.05, 0) is 24.1 Å². The standard InChI is InChI=1S/C12H16BrNO2/c1-2-12(15)16-8-11(14)7-9-3-5-10(13)6-4-9/h3-6,11H,2,7-8,14H2,1H3. The van der Waals surface area contributed by atoms with Crippen LogP contribution in [-0.4, -0.2) is 18.6 Å². The maximum atomic E-state index is 10.9. The van der Waals surface area contributed by atoms with Crippen molar-refractivity contribution in [3.8, 4) is 0 Å². The Morgan fingerprint density at radius 3 is 2.62 bits per heavy atom. The molecule has 0 aliphatic heterocycles. The Morgan fingerprint density at radius 1 is 1.44 bits per heavy atom. The molecule has 1 rings (SSSR count). The third kappa shape index (κ3) is 4.77. The van der Waals surface area contributed by atoms with Crippen LogP contribution in [0.15, 0.2) is 28.7 Å². The maximum Gasteiger partial charge on any atom is 0.305 e. The molecule has 4 heteroatoms. The van der Waals surface area contributed by atoms with E-state index in [9.17, 15) is 4.79 Å². The normalized spacial score (nSPS) is 12.2. The molecule has 1 aromatic rings. The van der Waals surface area contributed by atoms with Crippen molar-refractivity contribution in [2.75, 3.05) is 6.61 Å². The zero-order valence-electron chi connectivity index (χ0n) is 9.28. The van der Waals surface area contributed by atoms with E-state index in [1.807, 2.05) is 24.3 Å². The van der Waals surface area contributed by atoms with Crippen LogP contribution in [0, 0.1) is 0 Å². The molecule has 0 fully saturated rings. The second-order valence-corrected chi connectivity index (χ2v) is 4.54. The first kappa shape index (κ1) is 13.2. The largest absolute Gasteiger partial charge is 0.464 e. The van der Waals surface area contributed by atoms with E-state index < -0.39 is 0 Å². The van der Waals surface area contributed by atoms with Gasteiger partial charge in [0.15, 0.2) is 0 Å². The fourth-order valence-corrected chi connectivity index (χ4v) is 1.55. The van der Waals surface area contributed by atoms with Crippen LogP contribution in [0.3, 0.4) is 0 Å². The van der Waals surface area contributed by atoms with Crippen LogP contribution in [0.4, 0.5) is 0 Å². The number of carbonyl (C=O) groups is 1. The molecule has 0 amide bonds. The lowest BCUT2D eigenvalue weighted by Crippen LogP contribution is -2.29. The lowest BCUT2D eigenvalue weighted by molar-refractivity contribution is -0.143. The number of hydrogen-bond donors (Lipinski definition) is 1. The Labute approximate surface area is 104 Å². The number of hydrogen-bond acceptors (Lipinski definition) is 3. The second kappa shape index (κ2) is 6.66. The smallest absolute Gasteiger partial charge is 0.305 e. The summed E-state index contributed by atoms with van der Waals surface area (Å²) in [6.07, 6.45) is 1.11. The third-order valence-corrected chi connectivity index (χ3v) is 2.69. The number of esters is 1. The summed E-state index contributed by atoms with van der Waals surface area (Å²) < 4.78 is 6.02. The minimum atomic E-state index is -0.203. The highest BCUT2D eigenvalue weighted by molar-refractivity contribution is 9.10. The first-order valence-electron chi connectivity index (χ1n) is 5.27. The van der Waals surface area contributed by atoms with Crippen LogP contribution in [-0.2, 0) is 16.0 Å². The van der Waals surface area contributed by atoms with E-state index in [4.69, 9.17) is 10.5 Å². The molecule has 0 radical (unpaired) electrons. The molecular formula is C12H16BrNO2. The monoisotopic (exact) mass is 285 g/mol. The predicted octanol–water partition coefficient (Wildman–Crippen LogP) is 2.27. The van der Waals surface area contributed by atoms with Crippen LogP contribution in [0.1, 0.15) is 18.9 Å². The third-order valence-electron chi connectivity index (χ3n) is 2.16. The summed E-state index contributed by atoms with van der Waals surface area (Å²) in [4.78, 5) is 10.9. The minimum absolute atomic E-state index is 0.142. The van der Waals surface area contributed by atoms with Crippen molar-refractivity contribution in [3.63, 3.8) is 0 Å². The predicted molar refractivity (Wildman–Crippen MR) is 67.1 cm³/mol. The highest BCUT2D eigenvalue weighted by atomic mass is 79.9. The van der Waals surface area contributed by atoms with Crippen molar-refractivity contribution in [1.82, 2.24) is 0 Å². The summed E-state index contributed by atoms with van der Waals surface area (Å²) in [6, 6.07) is 7.81. The second-order valence-electron chi connectivity index (χ2n) is 3.63. The molecule has 0 spiro atoms. The summed E-state index contributed by atoms with van der Waals surface area (Å²) in [5, 5.41) is 0. The van der Waals surface area contributed by atoms with Gasteiger partial charge < -0.3 is 10.5 Å². The Balaban J connectivity index is 2.36. The van der Waals surface area contributed by atoms with Crippen LogP contribution < -0.4 is 5.73 Å². The zero-order valence-corrected chi connectivity index (χ0v) is 10.9. The van der Waals surface area contributed by atoms with E-state index >= 15 is 0 Å². The fourth-order valence-electron chi connectivity index (χ4n) is 1.28. The summed E-state index contributed by atoms with van der Waals surface area (Å²) in [5.74, 6) is -0.203. The fraction of sp³-hybridized carbons (Fsp3) is 0.417. The molecule has 16 heavy (non-hydrogen) atoms. The van der Waals surface area contributed by atoms with Gasteiger partial charge in [-0.15, -0.1) is 0 Å². The van der Waals surface area contributed by atoms with E-state index in [2.05, 4.69) is 15.9 Å². The SMILES string of the molecule is CCC(=O)OCC(N)Cc1ccc(Br)cc1. The molecule has 1 aromatic carbocycles. The molecule has 0 aliphatic rings. The highest BCUT2D eigenvalue weighted by Gasteiger charge is 2.07. The first-order valence-corrected chi connectivity index (χ1v) is 6.06. The summed E-state index contributed by atoms with van der Waals surface area (Å²) >= 11 is 3.37. The number of carbonyl (C=O) groups excluding carboxylic acids is 1. The first-order chi connectivity index (χ1) is 7.61. The quantitative estimate of drug-likeness (QED) is 0.845. The summed E-state index contributed by atoms with van der Waals surface area (Å²) in [7, 11) is 0. The van der Waals surface area contributed by atoms with Crippen LogP contribution in [0.25, 0.3) is 0 Å². The number of nitrogens with two attached hydrogens (primary N) is 1. The summed E-state index contributed by atoms with van der Waals surface area (Å²) in [6.45, 7) is 2.05. The van der Waals surface area contributed by atoms with Crippen LogP contribution >= 0.6 is 15.9 Å². The van der Waals surface area contributed by atoms with Gasteiger partial charge in [0.25, 0.3) is 0 Å². The van der Waals surface area contributed by atoms with Gasteiger partial charge in [0.2, 0.25) is 0 Å². The van der Waals surface area contributed by atoms with Gasteiger partial charge in [0.05, 0.1) is 0 Å². The molecular weight excluding hydrogens is 270 g/mol. The van der Waals surface area contributed by atoms with E-state index in [0.717, 1.165) is 10.0 Å². The Hall–Kier alpha value is -0.870. The van der Waals surface area contributed by atoms with Gasteiger partial charge in [-0.1, -0.05) is 35.0 Å². The highest BCUT2D eigenvalue weighted by Crippen LogP contribution is 2.11. The molecule has 0 aromatic heterocycles. The number of rotatable bonds is 5. The number of benzene rings is 1. The summed E-state index contributed by atoms with van der Waals surface area (Å²) in [5.41, 5.74) is 7.00. The average molecular weight is 286 g/mol. The van der Waals surface area contributed by atoms with Crippen LogP contribution in [0.2, 0.25) is 0 Å². The van der Waals surface area contributed by atoms with Crippen molar-refractivity contribution >= 4 is 21.9 Å². The maximum absolute atomic E-state index is 10.9. The van der Waals surface area contributed by atoms with Gasteiger partial charge in [-0.2, -0.15) is 0 Å². The molecule has 0 saturated heterocycles. The van der Waals surface area contributed by atoms with Crippen molar-refractivity contribution in [2.45, 2.75) is 25.8 Å². The van der Waals surface area contributed by atoms with Gasteiger partial charge in [0, 0.05) is 16.9 Å². The zero-order chi connectivity index (χ0) is 12.0. The minimum Gasteiger partial charge on any atom is -0.464 e. The van der Waals surface area contributed by atoms with Crippen molar-refractivity contribution < 1.29 is 9.53 Å². The van der Waals surface area contributed by atoms with Gasteiger partial charge in [0.1, 0.15) is 6.61 Å². The molecule has 2 N–H and O–H groups in total. The molecule has 0 saturated carbocycles. The number of halogens is 1. The molecule has 0 bridgehead atoms. The van der Waals surface area contributed by atoms with Gasteiger partial charge in [-0.25, -0.2) is 0 Å². The average Bonchev–Trinajstić information content (AvgIpc) is 2.29. The molecule has 0 heterocycles. The molecule has 3 nitrogen and oxygen atoms in total. The Kier molecular flexibility index (Phi) is 5.49. The lowest BCUT2D eigenvalue weighted by Gasteiger charge is -2.11. The van der Waals surface area contributed by atoms with E-state index in [1.165, 1.54) is 0 Å². The molecule has 1 atom stereocenters. The molecule has 0 aliphatic carbocycles. The Morgan fingerprint density at radius 2 is 2.06 bits per heavy atom.